The molecule has 1 aromatic rings. The Balaban J connectivity index is 1.57. The average Bonchev–Trinajstić information content (AvgIpc) is 2.98. The smallest absolute Gasteiger partial charge is 0.0329 e. The Bertz CT molecular complexity index is 403. The lowest BCUT2D eigenvalue weighted by Crippen LogP contribution is -2.43. The zero-order valence-electron chi connectivity index (χ0n) is 12.7. The monoisotopic (exact) mass is 272 g/mol. The summed E-state index contributed by atoms with van der Waals surface area (Å²) in [5.41, 5.74) is 1.43. The second-order valence-corrected chi connectivity index (χ2v) is 6.48. The van der Waals surface area contributed by atoms with Gasteiger partial charge in [-0.2, -0.15) is 0 Å². The quantitative estimate of drug-likeness (QED) is 0.881. The molecule has 1 aliphatic heterocycles. The van der Waals surface area contributed by atoms with Crippen LogP contribution in [-0.2, 0) is 0 Å². The summed E-state index contributed by atoms with van der Waals surface area (Å²) in [7, 11) is 2.09. The number of fused-ring (bicyclic) bond motifs is 1. The van der Waals surface area contributed by atoms with Crippen molar-refractivity contribution in [3.63, 3.8) is 0 Å². The van der Waals surface area contributed by atoms with E-state index in [1.807, 2.05) is 0 Å². The zero-order chi connectivity index (χ0) is 13.8. The van der Waals surface area contributed by atoms with Crippen molar-refractivity contribution in [2.45, 2.75) is 50.6 Å². The summed E-state index contributed by atoms with van der Waals surface area (Å²) < 4.78 is 0. The molecule has 1 saturated heterocycles. The molecule has 110 valence electrons. The third-order valence-corrected chi connectivity index (χ3v) is 5.36. The van der Waals surface area contributed by atoms with Gasteiger partial charge in [-0.15, -0.1) is 0 Å². The van der Waals surface area contributed by atoms with Crippen LogP contribution in [0.4, 0.5) is 0 Å². The number of piperidine rings is 1. The predicted molar refractivity (Wildman–Crippen MR) is 84.8 cm³/mol. The summed E-state index contributed by atoms with van der Waals surface area (Å²) in [5.74, 6) is 1.01. The first-order valence-corrected chi connectivity index (χ1v) is 8.35. The van der Waals surface area contributed by atoms with Gasteiger partial charge in [0.1, 0.15) is 0 Å². The van der Waals surface area contributed by atoms with Gasteiger partial charge in [0.2, 0.25) is 0 Å². The molecule has 0 spiro atoms. The largest absolute Gasteiger partial charge is 0.313 e. The van der Waals surface area contributed by atoms with Crippen molar-refractivity contribution in [1.29, 1.82) is 0 Å². The number of nitrogens with zero attached hydrogens (tertiary/aromatic N) is 1. The van der Waals surface area contributed by atoms with E-state index in [0.29, 0.717) is 6.04 Å². The van der Waals surface area contributed by atoms with Crippen molar-refractivity contribution >= 4 is 0 Å². The second-order valence-electron chi connectivity index (χ2n) is 6.48. The van der Waals surface area contributed by atoms with Gasteiger partial charge >= 0.3 is 0 Å². The Kier molecular flexibility index (Phi) is 4.74. The van der Waals surface area contributed by atoms with E-state index in [4.69, 9.17) is 0 Å². The van der Waals surface area contributed by atoms with Crippen LogP contribution < -0.4 is 5.32 Å². The van der Waals surface area contributed by atoms with Crippen LogP contribution in [-0.4, -0.2) is 31.1 Å². The highest BCUT2D eigenvalue weighted by Crippen LogP contribution is 2.37. The Labute approximate surface area is 123 Å². The lowest BCUT2D eigenvalue weighted by Gasteiger charge is -2.38. The molecule has 20 heavy (non-hydrogen) atoms. The van der Waals surface area contributed by atoms with Crippen LogP contribution in [0.2, 0.25) is 0 Å². The Morgan fingerprint density at radius 3 is 2.75 bits per heavy atom. The van der Waals surface area contributed by atoms with Crippen LogP contribution >= 0.6 is 0 Å². The van der Waals surface area contributed by atoms with E-state index >= 15 is 0 Å². The van der Waals surface area contributed by atoms with Crippen molar-refractivity contribution < 1.29 is 0 Å². The van der Waals surface area contributed by atoms with Crippen LogP contribution in [0.1, 0.15) is 50.1 Å². The molecule has 1 heterocycles. The maximum atomic E-state index is 3.49. The number of rotatable bonds is 5. The van der Waals surface area contributed by atoms with Gasteiger partial charge in [-0.1, -0.05) is 36.8 Å². The van der Waals surface area contributed by atoms with Gasteiger partial charge in [0.25, 0.3) is 0 Å². The van der Waals surface area contributed by atoms with Crippen molar-refractivity contribution in [2.75, 3.05) is 20.1 Å². The highest BCUT2D eigenvalue weighted by Gasteiger charge is 2.34. The first-order valence-electron chi connectivity index (χ1n) is 8.35. The summed E-state index contributed by atoms with van der Waals surface area (Å²) >= 11 is 0. The third kappa shape index (κ3) is 3.07. The summed E-state index contributed by atoms with van der Waals surface area (Å²) in [4.78, 5) is 2.79. The van der Waals surface area contributed by atoms with Gasteiger partial charge in [-0.25, -0.2) is 0 Å². The molecule has 0 amide bonds. The van der Waals surface area contributed by atoms with E-state index in [-0.39, 0.29) is 0 Å². The van der Waals surface area contributed by atoms with E-state index in [0.717, 1.165) is 12.0 Å². The topological polar surface area (TPSA) is 15.3 Å². The number of likely N-dealkylation sites (tertiary alicyclic amines) is 1. The minimum absolute atomic E-state index is 0.498. The van der Waals surface area contributed by atoms with E-state index in [1.165, 1.54) is 57.2 Å². The maximum absolute atomic E-state index is 3.49. The third-order valence-electron chi connectivity index (χ3n) is 5.36. The van der Waals surface area contributed by atoms with Crippen LogP contribution in [0.15, 0.2) is 30.3 Å². The van der Waals surface area contributed by atoms with Crippen LogP contribution in [0.3, 0.4) is 0 Å². The zero-order valence-corrected chi connectivity index (χ0v) is 12.7. The molecule has 2 nitrogen and oxygen atoms in total. The molecule has 3 unspecified atom stereocenters. The number of hydrogen-bond donors (Lipinski definition) is 1. The molecule has 2 aliphatic rings. The normalized spacial score (nSPS) is 28.2. The second kappa shape index (κ2) is 6.73. The average molecular weight is 272 g/mol. The van der Waals surface area contributed by atoms with Crippen molar-refractivity contribution in [1.82, 2.24) is 10.2 Å². The first-order chi connectivity index (χ1) is 9.88. The fourth-order valence-electron chi connectivity index (χ4n) is 4.29. The summed E-state index contributed by atoms with van der Waals surface area (Å²) in [5, 5.41) is 3.49. The van der Waals surface area contributed by atoms with E-state index < -0.39 is 0 Å². The maximum Gasteiger partial charge on any atom is 0.0329 e. The summed E-state index contributed by atoms with van der Waals surface area (Å²) in [6.45, 7) is 2.58. The minimum Gasteiger partial charge on any atom is -0.313 e. The fourth-order valence-corrected chi connectivity index (χ4v) is 4.29. The highest BCUT2D eigenvalue weighted by atomic mass is 15.2. The molecule has 2 fully saturated rings. The summed E-state index contributed by atoms with van der Waals surface area (Å²) in [6, 6.07) is 12.3. The SMILES string of the molecule is CNC(CCN1CCCC2CCCC21)c1ccccc1. The molecule has 3 rings (SSSR count). The van der Waals surface area contributed by atoms with E-state index in [9.17, 15) is 0 Å². The first kappa shape index (κ1) is 14.1. The summed E-state index contributed by atoms with van der Waals surface area (Å²) in [6.07, 6.45) is 8.51. The van der Waals surface area contributed by atoms with Gasteiger partial charge in [-0.05, 0) is 57.2 Å². The molecular weight excluding hydrogens is 244 g/mol. The fraction of sp³-hybridized carbons (Fsp3) is 0.667. The van der Waals surface area contributed by atoms with Crippen LogP contribution in [0.5, 0.6) is 0 Å². The van der Waals surface area contributed by atoms with Gasteiger partial charge in [0, 0.05) is 18.6 Å². The molecule has 0 aromatic heterocycles. The van der Waals surface area contributed by atoms with Crippen molar-refractivity contribution in [3.05, 3.63) is 35.9 Å². The van der Waals surface area contributed by atoms with Crippen LogP contribution in [0, 0.1) is 5.92 Å². The standard InChI is InChI=1S/C18H28N2/c1-19-17(15-7-3-2-4-8-15)12-14-20-13-6-10-16-9-5-11-18(16)20/h2-4,7-8,16-19H,5-6,9-14H2,1H3. The molecule has 3 atom stereocenters. The molecule has 1 N–H and O–H groups in total. The van der Waals surface area contributed by atoms with Gasteiger partial charge in [0.15, 0.2) is 0 Å². The Morgan fingerprint density at radius 2 is 1.95 bits per heavy atom. The Morgan fingerprint density at radius 1 is 1.15 bits per heavy atom. The number of hydrogen-bond acceptors (Lipinski definition) is 2. The lowest BCUT2D eigenvalue weighted by molar-refractivity contribution is 0.108. The highest BCUT2D eigenvalue weighted by molar-refractivity contribution is 5.18. The Hall–Kier alpha value is -0.860. The van der Waals surface area contributed by atoms with Gasteiger partial charge < -0.3 is 10.2 Å². The van der Waals surface area contributed by atoms with E-state index in [1.54, 1.807) is 0 Å². The number of nitrogens with one attached hydrogen (secondary N) is 1. The van der Waals surface area contributed by atoms with Gasteiger partial charge in [-0.3, -0.25) is 0 Å². The molecular formula is C18H28N2. The molecule has 1 saturated carbocycles. The van der Waals surface area contributed by atoms with Crippen molar-refractivity contribution in [2.24, 2.45) is 5.92 Å². The van der Waals surface area contributed by atoms with E-state index in [2.05, 4.69) is 47.6 Å². The molecule has 0 radical (unpaired) electrons. The molecule has 0 bridgehead atoms. The van der Waals surface area contributed by atoms with Crippen molar-refractivity contribution in [3.8, 4) is 0 Å². The molecule has 1 aromatic carbocycles. The predicted octanol–water partition coefficient (Wildman–Crippen LogP) is 3.60. The molecule has 2 heteroatoms. The van der Waals surface area contributed by atoms with Gasteiger partial charge in [0.05, 0.1) is 0 Å². The molecule has 1 aliphatic carbocycles. The number of benzene rings is 1. The lowest BCUT2D eigenvalue weighted by atomic mass is 9.91. The minimum atomic E-state index is 0.498. The van der Waals surface area contributed by atoms with Crippen LogP contribution in [0.25, 0.3) is 0 Å².